The number of rotatable bonds is 2. The van der Waals surface area contributed by atoms with Crippen LogP contribution in [-0.2, 0) is 0 Å². The summed E-state index contributed by atoms with van der Waals surface area (Å²) in [5.74, 6) is 0.974. The largest absolute Gasteiger partial charge is 0.361 e. The van der Waals surface area contributed by atoms with E-state index in [0.717, 1.165) is 12.0 Å². The highest BCUT2D eigenvalue weighted by Gasteiger charge is 2.36. The maximum Gasteiger partial charge on any atom is 0.0922 e. The van der Waals surface area contributed by atoms with Crippen molar-refractivity contribution < 1.29 is 0 Å². The first-order chi connectivity index (χ1) is 11.3. The lowest BCUT2D eigenvalue weighted by atomic mass is 9.95. The number of aromatic nitrogens is 1. The Labute approximate surface area is 141 Å². The van der Waals surface area contributed by atoms with Gasteiger partial charge in [0.25, 0.3) is 0 Å². The highest BCUT2D eigenvalue weighted by Crippen LogP contribution is 2.34. The average Bonchev–Trinajstić information content (AvgIpc) is 3.18. The second kappa shape index (κ2) is 5.72. The van der Waals surface area contributed by atoms with E-state index in [0.29, 0.717) is 0 Å². The van der Waals surface area contributed by atoms with Crippen molar-refractivity contribution >= 4 is 26.4 Å². The van der Waals surface area contributed by atoms with Gasteiger partial charge in [0.15, 0.2) is 0 Å². The number of pyridine rings is 1. The third kappa shape index (κ3) is 2.65. The van der Waals surface area contributed by atoms with Crippen LogP contribution < -0.4 is 4.90 Å². The minimum Gasteiger partial charge on any atom is -0.361 e. The highest BCUT2D eigenvalue weighted by molar-refractivity contribution is 7.22. The lowest BCUT2D eigenvalue weighted by Gasteiger charge is -2.43. The molecular weight excluding hydrogens is 304 g/mol. The van der Waals surface area contributed by atoms with Crippen LogP contribution in [0.15, 0.2) is 24.5 Å². The van der Waals surface area contributed by atoms with E-state index < -0.39 is 0 Å². The van der Waals surface area contributed by atoms with Crippen LogP contribution >= 0.6 is 11.3 Å². The molecule has 2 aromatic rings. The van der Waals surface area contributed by atoms with Gasteiger partial charge in [-0.1, -0.05) is 0 Å². The number of thiophene rings is 1. The van der Waals surface area contributed by atoms with Gasteiger partial charge in [0, 0.05) is 67.8 Å². The molecular formula is C18H24N4S. The molecule has 0 radical (unpaired) electrons. The standard InChI is InChI=1S/C18H24N4S/c1-3-19-11-15-10-18(23-17(1)15)22-7-5-21(6-8-22)16-9-14-2-4-20(12-14)13-16/h1,3,10-11,14,16H,2,4-9,12-13H2/t14-,16-/m1/s1. The third-order valence-corrected chi connectivity index (χ3v) is 7.07. The van der Waals surface area contributed by atoms with Crippen molar-refractivity contribution in [1.82, 2.24) is 14.8 Å². The molecule has 3 fully saturated rings. The first-order valence-electron chi connectivity index (χ1n) is 8.90. The highest BCUT2D eigenvalue weighted by atomic mass is 32.1. The zero-order valence-electron chi connectivity index (χ0n) is 13.5. The number of fused-ring (bicyclic) bond motifs is 3. The fourth-order valence-corrected chi connectivity index (χ4v) is 5.71. The fourth-order valence-electron chi connectivity index (χ4n) is 4.63. The molecule has 3 aliphatic rings. The molecule has 3 atom stereocenters. The van der Waals surface area contributed by atoms with Crippen LogP contribution in [0.5, 0.6) is 0 Å². The molecule has 5 rings (SSSR count). The summed E-state index contributed by atoms with van der Waals surface area (Å²) < 4.78 is 1.36. The number of nitrogens with zero attached hydrogens (tertiary/aromatic N) is 4. The molecule has 0 N–H and O–H groups in total. The Kier molecular flexibility index (Phi) is 3.53. The minimum absolute atomic E-state index is 0.810. The van der Waals surface area contributed by atoms with Gasteiger partial charge in [0.2, 0.25) is 0 Å². The fraction of sp³-hybridized carbons (Fsp3) is 0.611. The van der Waals surface area contributed by atoms with Crippen LogP contribution in [-0.4, -0.2) is 66.6 Å². The van der Waals surface area contributed by atoms with Crippen LogP contribution in [0.2, 0.25) is 0 Å². The van der Waals surface area contributed by atoms with Crippen molar-refractivity contribution in [3.05, 3.63) is 24.5 Å². The van der Waals surface area contributed by atoms with Gasteiger partial charge >= 0.3 is 0 Å². The maximum atomic E-state index is 4.24. The molecule has 23 heavy (non-hydrogen) atoms. The van der Waals surface area contributed by atoms with E-state index in [1.165, 1.54) is 73.7 Å². The van der Waals surface area contributed by atoms with E-state index in [1.54, 1.807) is 0 Å². The Bertz CT molecular complexity index is 646. The van der Waals surface area contributed by atoms with Crippen molar-refractivity contribution in [1.29, 1.82) is 0 Å². The summed E-state index contributed by atoms with van der Waals surface area (Å²) in [5, 5.41) is 2.70. The molecule has 5 heteroatoms. The van der Waals surface area contributed by atoms with Gasteiger partial charge in [-0.05, 0) is 37.4 Å². The predicted molar refractivity (Wildman–Crippen MR) is 96.4 cm³/mol. The monoisotopic (exact) mass is 328 g/mol. The maximum absolute atomic E-state index is 4.24. The van der Waals surface area contributed by atoms with Crippen molar-refractivity contribution in [2.75, 3.05) is 50.7 Å². The SMILES string of the molecule is c1cc2sc(N3CCN([C@@H]4C[C@H]5CCN(C5)C4)CC3)cc2cn1. The number of hydrogen-bond donors (Lipinski definition) is 0. The molecule has 3 aliphatic heterocycles. The van der Waals surface area contributed by atoms with Crippen LogP contribution in [0.1, 0.15) is 12.8 Å². The average molecular weight is 328 g/mol. The van der Waals surface area contributed by atoms with Crippen LogP contribution in [0.25, 0.3) is 10.1 Å². The van der Waals surface area contributed by atoms with Crippen LogP contribution in [0, 0.1) is 5.92 Å². The normalized spacial score (nSPS) is 31.8. The second-order valence-electron chi connectivity index (χ2n) is 7.32. The summed E-state index contributed by atoms with van der Waals surface area (Å²) in [6, 6.07) is 5.26. The second-order valence-corrected chi connectivity index (χ2v) is 8.39. The Hall–Kier alpha value is -1.17. The zero-order chi connectivity index (χ0) is 15.2. The number of hydrogen-bond acceptors (Lipinski definition) is 5. The van der Waals surface area contributed by atoms with Gasteiger partial charge < -0.3 is 9.80 Å². The van der Waals surface area contributed by atoms with Crippen molar-refractivity contribution in [2.45, 2.75) is 18.9 Å². The molecule has 5 heterocycles. The Morgan fingerprint density at radius 1 is 1.09 bits per heavy atom. The van der Waals surface area contributed by atoms with Gasteiger partial charge in [0.1, 0.15) is 0 Å². The summed E-state index contributed by atoms with van der Waals surface area (Å²) in [5.41, 5.74) is 0. The van der Waals surface area contributed by atoms with E-state index in [1.807, 2.05) is 23.7 Å². The lowest BCUT2D eigenvalue weighted by molar-refractivity contribution is 0.101. The molecule has 0 aromatic carbocycles. The molecule has 2 bridgehead atoms. The number of piperazine rings is 1. The van der Waals surface area contributed by atoms with Crippen LogP contribution in [0.4, 0.5) is 5.00 Å². The zero-order valence-corrected chi connectivity index (χ0v) is 14.3. The van der Waals surface area contributed by atoms with Gasteiger partial charge in [-0.2, -0.15) is 0 Å². The van der Waals surface area contributed by atoms with Crippen molar-refractivity contribution in [2.24, 2.45) is 5.92 Å². The first-order valence-corrected chi connectivity index (χ1v) is 9.72. The lowest BCUT2D eigenvalue weighted by Crippen LogP contribution is -2.54. The molecule has 0 saturated carbocycles. The smallest absolute Gasteiger partial charge is 0.0922 e. The topological polar surface area (TPSA) is 22.6 Å². The van der Waals surface area contributed by atoms with E-state index in [2.05, 4.69) is 31.8 Å². The molecule has 0 aliphatic carbocycles. The Balaban J connectivity index is 1.25. The van der Waals surface area contributed by atoms with Gasteiger partial charge in [-0.25, -0.2) is 0 Å². The number of piperidine rings is 1. The van der Waals surface area contributed by atoms with Crippen LogP contribution in [0.3, 0.4) is 0 Å². The van der Waals surface area contributed by atoms with Gasteiger partial charge in [-0.3, -0.25) is 9.88 Å². The quantitative estimate of drug-likeness (QED) is 0.845. The Morgan fingerprint density at radius 3 is 2.83 bits per heavy atom. The minimum atomic E-state index is 0.810. The molecule has 2 aromatic heterocycles. The summed E-state index contributed by atoms with van der Waals surface area (Å²) in [6.07, 6.45) is 6.75. The molecule has 0 amide bonds. The van der Waals surface area contributed by atoms with Gasteiger partial charge in [-0.15, -0.1) is 11.3 Å². The molecule has 1 unspecified atom stereocenters. The first kappa shape index (κ1) is 14.2. The molecule has 3 saturated heterocycles. The van der Waals surface area contributed by atoms with Crippen molar-refractivity contribution in [3.8, 4) is 0 Å². The Morgan fingerprint density at radius 2 is 2.00 bits per heavy atom. The molecule has 4 nitrogen and oxygen atoms in total. The summed E-state index contributed by atoms with van der Waals surface area (Å²) >= 11 is 1.91. The summed E-state index contributed by atoms with van der Waals surface area (Å²) in [6.45, 7) is 8.80. The molecule has 122 valence electrons. The van der Waals surface area contributed by atoms with Crippen molar-refractivity contribution in [3.63, 3.8) is 0 Å². The summed E-state index contributed by atoms with van der Waals surface area (Å²) in [4.78, 5) is 12.3. The third-order valence-electron chi connectivity index (χ3n) is 5.89. The predicted octanol–water partition coefficient (Wildman–Crippen LogP) is 2.51. The summed E-state index contributed by atoms with van der Waals surface area (Å²) in [7, 11) is 0. The van der Waals surface area contributed by atoms with E-state index >= 15 is 0 Å². The van der Waals surface area contributed by atoms with Gasteiger partial charge in [0.05, 0.1) is 5.00 Å². The van der Waals surface area contributed by atoms with E-state index in [9.17, 15) is 0 Å². The van der Waals surface area contributed by atoms with E-state index in [4.69, 9.17) is 0 Å². The number of anilines is 1. The molecule has 0 spiro atoms. The van der Waals surface area contributed by atoms with E-state index in [-0.39, 0.29) is 0 Å².